The van der Waals surface area contributed by atoms with Crippen molar-refractivity contribution < 1.29 is 4.79 Å². The summed E-state index contributed by atoms with van der Waals surface area (Å²) in [6.45, 7) is 0. The van der Waals surface area contributed by atoms with Crippen molar-refractivity contribution in [2.24, 2.45) is 11.8 Å². The van der Waals surface area contributed by atoms with Gasteiger partial charge in [0.15, 0.2) is 0 Å². The second-order valence-electron chi connectivity index (χ2n) is 6.17. The van der Waals surface area contributed by atoms with E-state index < -0.39 is 0 Å². The van der Waals surface area contributed by atoms with E-state index in [1.165, 1.54) is 24.0 Å². The molecule has 0 heterocycles. The third kappa shape index (κ3) is 2.93. The summed E-state index contributed by atoms with van der Waals surface area (Å²) in [5, 5.41) is 4.32. The van der Waals surface area contributed by atoms with Crippen LogP contribution in [0.2, 0.25) is 0 Å². The van der Waals surface area contributed by atoms with E-state index in [-0.39, 0.29) is 11.8 Å². The average molecular weight is 336 g/mol. The molecular formula is C17H22BrNO. The lowest BCUT2D eigenvalue weighted by molar-refractivity contribution is -0.126. The summed E-state index contributed by atoms with van der Waals surface area (Å²) in [7, 11) is 0. The predicted octanol–water partition coefficient (Wildman–Crippen LogP) is 3.47. The lowest BCUT2D eigenvalue weighted by Gasteiger charge is -2.27. The number of halogens is 1. The monoisotopic (exact) mass is 335 g/mol. The van der Waals surface area contributed by atoms with Crippen molar-refractivity contribution in [3.05, 3.63) is 35.4 Å². The molecule has 1 fully saturated rings. The lowest BCUT2D eigenvalue weighted by Crippen LogP contribution is -2.42. The number of carbonyl (C=O) groups is 1. The van der Waals surface area contributed by atoms with Crippen LogP contribution < -0.4 is 5.32 Å². The molecular weight excluding hydrogens is 314 g/mol. The van der Waals surface area contributed by atoms with Gasteiger partial charge in [-0.15, -0.1) is 0 Å². The number of benzene rings is 1. The predicted molar refractivity (Wildman–Crippen MR) is 85.0 cm³/mol. The van der Waals surface area contributed by atoms with E-state index in [9.17, 15) is 4.79 Å². The number of aryl methyl sites for hydroxylation is 1. The Morgan fingerprint density at radius 2 is 2.00 bits per heavy atom. The molecule has 3 unspecified atom stereocenters. The van der Waals surface area contributed by atoms with Crippen molar-refractivity contribution in [1.82, 2.24) is 5.32 Å². The van der Waals surface area contributed by atoms with Gasteiger partial charge in [0.25, 0.3) is 0 Å². The minimum atomic E-state index is 0.168. The number of alkyl halides is 1. The SMILES string of the molecule is O=C(NC1CCCC1CBr)C1CCc2ccccc2C1. The molecule has 1 amide bonds. The highest BCUT2D eigenvalue weighted by molar-refractivity contribution is 9.09. The second-order valence-corrected chi connectivity index (χ2v) is 6.82. The van der Waals surface area contributed by atoms with E-state index in [1.807, 2.05) is 0 Å². The molecule has 0 saturated heterocycles. The molecule has 2 nitrogen and oxygen atoms in total. The molecule has 2 aliphatic rings. The average Bonchev–Trinajstić information content (AvgIpc) is 2.94. The van der Waals surface area contributed by atoms with Crippen LogP contribution in [-0.2, 0) is 17.6 Å². The maximum atomic E-state index is 12.5. The van der Waals surface area contributed by atoms with E-state index in [0.717, 1.165) is 31.0 Å². The maximum absolute atomic E-state index is 12.5. The van der Waals surface area contributed by atoms with Crippen LogP contribution in [-0.4, -0.2) is 17.3 Å². The van der Waals surface area contributed by atoms with Gasteiger partial charge >= 0.3 is 0 Å². The van der Waals surface area contributed by atoms with Crippen LogP contribution >= 0.6 is 15.9 Å². The van der Waals surface area contributed by atoms with Crippen LogP contribution in [0.1, 0.15) is 36.8 Å². The molecule has 0 spiro atoms. The Kier molecular flexibility index (Phi) is 4.45. The van der Waals surface area contributed by atoms with Gasteiger partial charge in [-0.25, -0.2) is 0 Å². The zero-order valence-electron chi connectivity index (χ0n) is 11.8. The molecule has 1 saturated carbocycles. The largest absolute Gasteiger partial charge is 0.353 e. The van der Waals surface area contributed by atoms with E-state index in [1.54, 1.807) is 0 Å². The van der Waals surface area contributed by atoms with Gasteiger partial charge in [0, 0.05) is 17.3 Å². The van der Waals surface area contributed by atoms with Gasteiger partial charge in [-0.1, -0.05) is 46.6 Å². The first-order chi connectivity index (χ1) is 9.78. The van der Waals surface area contributed by atoms with Crippen molar-refractivity contribution in [2.75, 3.05) is 5.33 Å². The maximum Gasteiger partial charge on any atom is 0.223 e. The molecule has 0 aromatic heterocycles. The topological polar surface area (TPSA) is 29.1 Å². The summed E-state index contributed by atoms with van der Waals surface area (Å²) >= 11 is 3.57. The molecule has 0 radical (unpaired) electrons. The standard InChI is InChI=1S/C17H22BrNO/c18-11-15-6-3-7-16(15)19-17(20)14-9-8-12-4-1-2-5-13(12)10-14/h1-2,4-5,14-16H,3,6-11H2,(H,19,20). The number of rotatable bonds is 3. The van der Waals surface area contributed by atoms with Crippen molar-refractivity contribution in [2.45, 2.75) is 44.6 Å². The lowest BCUT2D eigenvalue weighted by atomic mass is 9.83. The highest BCUT2D eigenvalue weighted by Gasteiger charge is 2.31. The number of amides is 1. The van der Waals surface area contributed by atoms with Crippen LogP contribution in [0.3, 0.4) is 0 Å². The zero-order chi connectivity index (χ0) is 13.9. The summed E-state index contributed by atoms with van der Waals surface area (Å²) in [4.78, 5) is 12.5. The summed E-state index contributed by atoms with van der Waals surface area (Å²) in [6, 6.07) is 8.93. The Morgan fingerprint density at radius 3 is 2.80 bits per heavy atom. The van der Waals surface area contributed by atoms with Crippen molar-refractivity contribution in [3.8, 4) is 0 Å². The van der Waals surface area contributed by atoms with E-state index in [0.29, 0.717) is 12.0 Å². The Balaban J connectivity index is 1.61. The van der Waals surface area contributed by atoms with Crippen LogP contribution in [0.4, 0.5) is 0 Å². The fourth-order valence-corrected chi connectivity index (χ4v) is 4.41. The van der Waals surface area contributed by atoms with Crippen molar-refractivity contribution in [1.29, 1.82) is 0 Å². The molecule has 3 heteroatoms. The van der Waals surface area contributed by atoms with E-state index >= 15 is 0 Å². The first-order valence-corrected chi connectivity index (χ1v) is 8.83. The fraction of sp³-hybridized carbons (Fsp3) is 0.588. The number of carbonyl (C=O) groups excluding carboxylic acids is 1. The first-order valence-electron chi connectivity index (χ1n) is 7.71. The van der Waals surface area contributed by atoms with Crippen molar-refractivity contribution in [3.63, 3.8) is 0 Å². The first kappa shape index (κ1) is 14.1. The van der Waals surface area contributed by atoms with Crippen LogP contribution in [0.25, 0.3) is 0 Å². The van der Waals surface area contributed by atoms with Gasteiger partial charge in [0.1, 0.15) is 0 Å². The van der Waals surface area contributed by atoms with Crippen LogP contribution in [0.5, 0.6) is 0 Å². The summed E-state index contributed by atoms with van der Waals surface area (Å²) < 4.78 is 0. The second kappa shape index (κ2) is 6.30. The number of fused-ring (bicyclic) bond motifs is 1. The Morgan fingerprint density at radius 1 is 1.20 bits per heavy atom. The molecule has 108 valence electrons. The highest BCUT2D eigenvalue weighted by Crippen LogP contribution is 2.29. The van der Waals surface area contributed by atoms with Crippen LogP contribution in [0, 0.1) is 11.8 Å². The van der Waals surface area contributed by atoms with Gasteiger partial charge in [-0.2, -0.15) is 0 Å². The molecule has 1 N–H and O–H groups in total. The summed E-state index contributed by atoms with van der Waals surface area (Å²) in [5.41, 5.74) is 2.79. The Labute approximate surface area is 129 Å². The molecule has 3 atom stereocenters. The van der Waals surface area contributed by atoms with E-state index in [4.69, 9.17) is 0 Å². The fourth-order valence-electron chi connectivity index (χ4n) is 3.63. The Bertz CT molecular complexity index is 488. The number of nitrogens with one attached hydrogen (secondary N) is 1. The van der Waals surface area contributed by atoms with E-state index in [2.05, 4.69) is 45.5 Å². The summed E-state index contributed by atoms with van der Waals surface area (Å²) in [5.74, 6) is 1.06. The molecule has 2 aliphatic carbocycles. The van der Waals surface area contributed by atoms with Gasteiger partial charge < -0.3 is 5.32 Å². The van der Waals surface area contributed by atoms with Gasteiger partial charge in [-0.05, 0) is 49.1 Å². The van der Waals surface area contributed by atoms with Gasteiger partial charge in [0.2, 0.25) is 5.91 Å². The van der Waals surface area contributed by atoms with Gasteiger partial charge in [-0.3, -0.25) is 4.79 Å². The minimum absolute atomic E-state index is 0.168. The highest BCUT2D eigenvalue weighted by atomic mass is 79.9. The smallest absolute Gasteiger partial charge is 0.223 e. The van der Waals surface area contributed by atoms with Crippen LogP contribution in [0.15, 0.2) is 24.3 Å². The molecule has 1 aromatic rings. The Hall–Kier alpha value is -0.830. The number of hydrogen-bond acceptors (Lipinski definition) is 1. The molecule has 1 aromatic carbocycles. The molecule has 3 rings (SSSR count). The number of hydrogen-bond donors (Lipinski definition) is 1. The molecule has 0 aliphatic heterocycles. The van der Waals surface area contributed by atoms with Crippen molar-refractivity contribution >= 4 is 21.8 Å². The summed E-state index contributed by atoms with van der Waals surface area (Å²) in [6.07, 6.45) is 6.58. The van der Waals surface area contributed by atoms with Gasteiger partial charge in [0.05, 0.1) is 0 Å². The quantitative estimate of drug-likeness (QED) is 0.842. The normalized spacial score (nSPS) is 28.9. The molecule has 0 bridgehead atoms. The third-order valence-electron chi connectivity index (χ3n) is 4.90. The minimum Gasteiger partial charge on any atom is -0.353 e. The molecule has 20 heavy (non-hydrogen) atoms. The third-order valence-corrected chi connectivity index (χ3v) is 5.73. The zero-order valence-corrected chi connectivity index (χ0v) is 13.4.